The van der Waals surface area contributed by atoms with E-state index < -0.39 is 10.0 Å². The molecule has 2 rings (SSSR count). The Kier molecular flexibility index (Phi) is 4.66. The molecule has 1 aromatic carbocycles. The van der Waals surface area contributed by atoms with E-state index in [0.717, 1.165) is 19.5 Å². The van der Waals surface area contributed by atoms with Crippen LogP contribution in [0.5, 0.6) is 0 Å². The highest BCUT2D eigenvalue weighted by Gasteiger charge is 2.26. The lowest BCUT2D eigenvalue weighted by molar-refractivity contribution is 0.328. The number of halogens is 1. The molecule has 1 aliphatic rings. The van der Waals surface area contributed by atoms with Crippen LogP contribution in [0.2, 0.25) is 5.02 Å². The Bertz CT molecular complexity index is 640. The molecule has 7 heteroatoms. The number of nitriles is 1. The van der Waals surface area contributed by atoms with E-state index in [2.05, 4.69) is 10.0 Å². The van der Waals surface area contributed by atoms with Gasteiger partial charge in [-0.1, -0.05) is 18.5 Å². The van der Waals surface area contributed by atoms with Crippen molar-refractivity contribution < 1.29 is 8.42 Å². The Morgan fingerprint density at radius 2 is 2.25 bits per heavy atom. The Morgan fingerprint density at radius 1 is 1.50 bits per heavy atom. The van der Waals surface area contributed by atoms with Gasteiger partial charge in [0.15, 0.2) is 0 Å². The fraction of sp³-hybridized carbons (Fsp3) is 0.462. The first-order valence-electron chi connectivity index (χ1n) is 6.37. The van der Waals surface area contributed by atoms with Crippen molar-refractivity contribution in [2.75, 3.05) is 13.1 Å². The van der Waals surface area contributed by atoms with E-state index in [1.807, 2.05) is 13.0 Å². The summed E-state index contributed by atoms with van der Waals surface area (Å²) in [6.45, 7) is 3.58. The summed E-state index contributed by atoms with van der Waals surface area (Å²) in [6.07, 6.45) is 0.749. The van der Waals surface area contributed by atoms with E-state index >= 15 is 0 Å². The average molecular weight is 314 g/mol. The maximum Gasteiger partial charge on any atom is 0.240 e. The van der Waals surface area contributed by atoms with E-state index in [0.29, 0.717) is 0 Å². The molecule has 0 radical (unpaired) electrons. The van der Waals surface area contributed by atoms with Gasteiger partial charge in [-0.05, 0) is 43.6 Å². The minimum absolute atomic E-state index is 0.0733. The summed E-state index contributed by atoms with van der Waals surface area (Å²) in [5.41, 5.74) is 0.160. The van der Waals surface area contributed by atoms with Gasteiger partial charge in [0.2, 0.25) is 10.0 Å². The molecule has 2 atom stereocenters. The fourth-order valence-electron chi connectivity index (χ4n) is 2.21. The van der Waals surface area contributed by atoms with Gasteiger partial charge in [0, 0.05) is 6.04 Å². The third-order valence-electron chi connectivity index (χ3n) is 3.46. The topological polar surface area (TPSA) is 82.0 Å². The molecule has 1 aromatic rings. The average Bonchev–Trinajstić information content (AvgIpc) is 2.41. The van der Waals surface area contributed by atoms with Crippen LogP contribution >= 0.6 is 11.6 Å². The molecule has 1 saturated heterocycles. The lowest BCUT2D eigenvalue weighted by atomic mass is 9.97. The van der Waals surface area contributed by atoms with Crippen LogP contribution in [0.15, 0.2) is 23.1 Å². The molecule has 5 nitrogen and oxygen atoms in total. The molecule has 1 heterocycles. The van der Waals surface area contributed by atoms with E-state index in [9.17, 15) is 8.42 Å². The zero-order valence-electron chi connectivity index (χ0n) is 11.1. The van der Waals surface area contributed by atoms with Crippen molar-refractivity contribution in [3.05, 3.63) is 28.8 Å². The third kappa shape index (κ3) is 3.30. The smallest absolute Gasteiger partial charge is 0.240 e. The second-order valence-corrected chi connectivity index (χ2v) is 7.07. The molecule has 1 aliphatic heterocycles. The summed E-state index contributed by atoms with van der Waals surface area (Å²) in [6, 6.07) is 5.94. The van der Waals surface area contributed by atoms with Crippen molar-refractivity contribution in [3.63, 3.8) is 0 Å². The monoisotopic (exact) mass is 313 g/mol. The van der Waals surface area contributed by atoms with Crippen molar-refractivity contribution >= 4 is 21.6 Å². The summed E-state index contributed by atoms with van der Waals surface area (Å²) in [7, 11) is -3.63. The van der Waals surface area contributed by atoms with E-state index in [-0.39, 0.29) is 27.4 Å². The second-order valence-electron chi connectivity index (χ2n) is 4.95. The molecule has 2 N–H and O–H groups in total. The Hall–Kier alpha value is -1.13. The van der Waals surface area contributed by atoms with Gasteiger partial charge < -0.3 is 5.32 Å². The van der Waals surface area contributed by atoms with Crippen LogP contribution < -0.4 is 10.0 Å². The van der Waals surface area contributed by atoms with E-state index in [1.54, 1.807) is 0 Å². The maximum atomic E-state index is 12.3. The van der Waals surface area contributed by atoms with Crippen LogP contribution in [-0.2, 0) is 10.0 Å². The highest BCUT2D eigenvalue weighted by Crippen LogP contribution is 2.21. The zero-order chi connectivity index (χ0) is 14.8. The van der Waals surface area contributed by atoms with Crippen LogP contribution in [0, 0.1) is 17.2 Å². The normalized spacial score (nSPS) is 23.2. The number of piperidine rings is 1. The van der Waals surface area contributed by atoms with E-state index in [4.69, 9.17) is 16.9 Å². The van der Waals surface area contributed by atoms with Crippen molar-refractivity contribution in [1.29, 1.82) is 5.26 Å². The number of hydrogen-bond donors (Lipinski definition) is 2. The first-order valence-corrected chi connectivity index (χ1v) is 8.23. The molecule has 0 saturated carbocycles. The summed E-state index contributed by atoms with van der Waals surface area (Å²) in [4.78, 5) is 0.0733. The number of sulfonamides is 1. The highest BCUT2D eigenvalue weighted by atomic mass is 35.5. The highest BCUT2D eigenvalue weighted by molar-refractivity contribution is 7.89. The number of hydrogen-bond acceptors (Lipinski definition) is 4. The third-order valence-corrected chi connectivity index (χ3v) is 5.28. The van der Waals surface area contributed by atoms with E-state index in [1.165, 1.54) is 18.2 Å². The molecule has 20 heavy (non-hydrogen) atoms. The van der Waals surface area contributed by atoms with Crippen LogP contribution in [0.1, 0.15) is 18.9 Å². The molecule has 2 unspecified atom stereocenters. The minimum Gasteiger partial charge on any atom is -0.316 e. The van der Waals surface area contributed by atoms with Gasteiger partial charge in [0.05, 0.1) is 15.5 Å². The number of nitrogens with zero attached hydrogens (tertiary/aromatic N) is 1. The number of rotatable bonds is 3. The lowest BCUT2D eigenvalue weighted by Gasteiger charge is -2.29. The molecule has 0 amide bonds. The van der Waals surface area contributed by atoms with Crippen LogP contribution in [-0.4, -0.2) is 27.5 Å². The maximum absolute atomic E-state index is 12.3. The van der Waals surface area contributed by atoms with Crippen LogP contribution in [0.3, 0.4) is 0 Å². The van der Waals surface area contributed by atoms with Gasteiger partial charge in [0.1, 0.15) is 6.07 Å². The largest absolute Gasteiger partial charge is 0.316 e. The minimum atomic E-state index is -3.63. The van der Waals surface area contributed by atoms with Gasteiger partial charge in [0.25, 0.3) is 0 Å². The Morgan fingerprint density at radius 3 is 2.90 bits per heavy atom. The van der Waals surface area contributed by atoms with Gasteiger partial charge in [-0.3, -0.25) is 0 Å². The lowest BCUT2D eigenvalue weighted by Crippen LogP contribution is -2.48. The van der Waals surface area contributed by atoms with Crippen molar-refractivity contribution in [1.82, 2.24) is 10.0 Å². The Balaban J connectivity index is 2.24. The van der Waals surface area contributed by atoms with Gasteiger partial charge in [-0.25, -0.2) is 13.1 Å². The van der Waals surface area contributed by atoms with Gasteiger partial charge in [-0.2, -0.15) is 5.26 Å². The molecule has 1 fully saturated rings. The van der Waals surface area contributed by atoms with Crippen molar-refractivity contribution in [2.45, 2.75) is 24.3 Å². The Labute approximate surface area is 124 Å². The predicted octanol–water partition coefficient (Wildman–Crippen LogP) is 1.49. The SMILES string of the molecule is CC1CNCCC1NS(=O)(=O)c1ccc(Cl)c(C#N)c1. The molecular weight excluding hydrogens is 298 g/mol. The standard InChI is InChI=1S/C13H16ClN3O2S/c1-9-8-16-5-4-13(9)17-20(18,19)11-2-3-12(14)10(6-11)7-15/h2-3,6,9,13,16-17H,4-5,8H2,1H3. The molecule has 0 aromatic heterocycles. The van der Waals surface area contributed by atoms with Crippen LogP contribution in [0.25, 0.3) is 0 Å². The molecule has 0 spiro atoms. The quantitative estimate of drug-likeness (QED) is 0.885. The second kappa shape index (κ2) is 6.10. The summed E-state index contributed by atoms with van der Waals surface area (Å²) >= 11 is 5.82. The molecular formula is C13H16ClN3O2S. The van der Waals surface area contributed by atoms with Crippen LogP contribution in [0.4, 0.5) is 0 Å². The summed E-state index contributed by atoms with van der Waals surface area (Å²) < 4.78 is 27.4. The number of nitrogens with one attached hydrogen (secondary N) is 2. The van der Waals surface area contributed by atoms with Gasteiger partial charge >= 0.3 is 0 Å². The number of benzene rings is 1. The summed E-state index contributed by atoms with van der Waals surface area (Å²) in [5.74, 6) is 0.223. The first-order chi connectivity index (χ1) is 9.44. The molecule has 0 bridgehead atoms. The molecule has 108 valence electrons. The zero-order valence-corrected chi connectivity index (χ0v) is 12.6. The van der Waals surface area contributed by atoms with Crippen molar-refractivity contribution in [3.8, 4) is 6.07 Å². The predicted molar refractivity (Wildman–Crippen MR) is 76.9 cm³/mol. The van der Waals surface area contributed by atoms with Gasteiger partial charge in [-0.15, -0.1) is 0 Å². The fourth-order valence-corrected chi connectivity index (χ4v) is 3.78. The molecule has 0 aliphatic carbocycles. The summed E-state index contributed by atoms with van der Waals surface area (Å²) in [5, 5.41) is 12.4. The van der Waals surface area contributed by atoms with Crippen molar-refractivity contribution in [2.24, 2.45) is 5.92 Å². The first kappa shape index (κ1) is 15.3.